The third kappa shape index (κ3) is 8.26. The van der Waals surface area contributed by atoms with Gasteiger partial charge in [0.1, 0.15) is 0 Å². The van der Waals surface area contributed by atoms with E-state index in [0.717, 1.165) is 13.2 Å². The second kappa shape index (κ2) is 8.52. The van der Waals surface area contributed by atoms with Gasteiger partial charge >= 0.3 is 0 Å². The molecule has 1 N–H and O–H groups in total. The van der Waals surface area contributed by atoms with Crippen molar-refractivity contribution in [2.45, 2.75) is 46.1 Å². The monoisotopic (exact) mass is 187 g/mol. The molecule has 1 unspecified atom stereocenters. The predicted octanol–water partition coefficient (Wildman–Crippen LogP) is 2.44. The fourth-order valence-corrected chi connectivity index (χ4v) is 1.30. The van der Waals surface area contributed by atoms with Gasteiger partial charge in [0.25, 0.3) is 0 Å². The van der Waals surface area contributed by atoms with Crippen LogP contribution in [0.25, 0.3) is 0 Å². The number of nitrogens with one attached hydrogen (secondary N) is 1. The number of rotatable bonds is 8. The Bertz CT molecular complexity index is 100. The minimum absolute atomic E-state index is 0.659. The molecule has 2 heteroatoms. The first kappa shape index (κ1) is 12.9. The molecule has 0 aromatic carbocycles. The molecule has 0 saturated heterocycles. The van der Waals surface area contributed by atoms with Crippen molar-refractivity contribution in [3.63, 3.8) is 0 Å². The van der Waals surface area contributed by atoms with Crippen molar-refractivity contribution >= 4 is 0 Å². The van der Waals surface area contributed by atoms with Gasteiger partial charge in [-0.25, -0.2) is 0 Å². The molecular formula is C11H25NO. The minimum atomic E-state index is 0.659. The molecule has 0 heterocycles. The highest BCUT2D eigenvalue weighted by Gasteiger charge is 2.01. The van der Waals surface area contributed by atoms with E-state index >= 15 is 0 Å². The first-order valence-corrected chi connectivity index (χ1v) is 5.45. The van der Waals surface area contributed by atoms with Crippen molar-refractivity contribution in [1.29, 1.82) is 0 Å². The van der Waals surface area contributed by atoms with Gasteiger partial charge in [-0.1, -0.05) is 20.8 Å². The highest BCUT2D eigenvalue weighted by Crippen LogP contribution is 2.02. The number of hydrogen-bond donors (Lipinski definition) is 1. The maximum Gasteiger partial charge on any atom is 0.0488 e. The highest BCUT2D eigenvalue weighted by atomic mass is 16.5. The van der Waals surface area contributed by atoms with E-state index in [2.05, 4.69) is 26.1 Å². The van der Waals surface area contributed by atoms with E-state index in [4.69, 9.17) is 4.74 Å². The van der Waals surface area contributed by atoms with E-state index in [1.165, 1.54) is 19.3 Å². The first-order valence-electron chi connectivity index (χ1n) is 5.45. The van der Waals surface area contributed by atoms with Crippen molar-refractivity contribution in [2.75, 3.05) is 20.3 Å². The highest BCUT2D eigenvalue weighted by molar-refractivity contribution is 4.61. The molecular weight excluding hydrogens is 162 g/mol. The molecule has 0 bridgehead atoms. The summed E-state index contributed by atoms with van der Waals surface area (Å²) < 4.78 is 5.51. The zero-order valence-electron chi connectivity index (χ0n) is 9.60. The minimum Gasteiger partial charge on any atom is -0.381 e. The van der Waals surface area contributed by atoms with E-state index in [1.54, 1.807) is 0 Å². The predicted molar refractivity (Wildman–Crippen MR) is 58.0 cm³/mol. The van der Waals surface area contributed by atoms with Crippen LogP contribution >= 0.6 is 0 Å². The van der Waals surface area contributed by atoms with Crippen LogP contribution in [-0.2, 0) is 4.74 Å². The molecule has 2 nitrogen and oxygen atoms in total. The third-order valence-corrected chi connectivity index (χ3v) is 2.19. The van der Waals surface area contributed by atoms with E-state index in [-0.39, 0.29) is 0 Å². The molecule has 0 radical (unpaired) electrons. The Hall–Kier alpha value is -0.0800. The molecule has 0 amide bonds. The fourth-order valence-electron chi connectivity index (χ4n) is 1.30. The molecule has 1 atom stereocenters. The van der Waals surface area contributed by atoms with Gasteiger partial charge in [0.05, 0.1) is 0 Å². The van der Waals surface area contributed by atoms with Crippen LogP contribution < -0.4 is 5.32 Å². The summed E-state index contributed by atoms with van der Waals surface area (Å²) in [6.07, 6.45) is 3.61. The quantitative estimate of drug-likeness (QED) is 0.589. The second-order valence-electron chi connectivity index (χ2n) is 4.00. The smallest absolute Gasteiger partial charge is 0.0488 e. The van der Waals surface area contributed by atoms with Crippen molar-refractivity contribution in [3.8, 4) is 0 Å². The van der Waals surface area contributed by atoms with Crippen LogP contribution in [0.5, 0.6) is 0 Å². The maximum atomic E-state index is 5.51. The Morgan fingerprint density at radius 1 is 1.31 bits per heavy atom. The molecule has 13 heavy (non-hydrogen) atoms. The van der Waals surface area contributed by atoms with Crippen LogP contribution in [0.1, 0.15) is 40.0 Å². The molecule has 0 aliphatic carbocycles. The fraction of sp³-hybridized carbons (Fsp3) is 1.00. The molecule has 0 rings (SSSR count). The zero-order chi connectivity index (χ0) is 10.1. The van der Waals surface area contributed by atoms with Gasteiger partial charge in [-0.2, -0.15) is 0 Å². The van der Waals surface area contributed by atoms with Crippen molar-refractivity contribution < 1.29 is 4.74 Å². The summed E-state index contributed by atoms with van der Waals surface area (Å²) in [7, 11) is 2.03. The van der Waals surface area contributed by atoms with Gasteiger partial charge in [-0.3, -0.25) is 0 Å². The van der Waals surface area contributed by atoms with E-state index in [9.17, 15) is 0 Å². The summed E-state index contributed by atoms with van der Waals surface area (Å²) in [4.78, 5) is 0. The third-order valence-electron chi connectivity index (χ3n) is 2.19. The average molecular weight is 187 g/mol. The molecule has 0 saturated carbocycles. The van der Waals surface area contributed by atoms with E-state index < -0.39 is 0 Å². The second-order valence-corrected chi connectivity index (χ2v) is 4.00. The van der Waals surface area contributed by atoms with Gasteiger partial charge in [0.15, 0.2) is 0 Å². The Balaban J connectivity index is 3.14. The molecule has 0 spiro atoms. The summed E-state index contributed by atoms with van der Waals surface area (Å²) in [5.74, 6) is 0.659. The number of ether oxygens (including phenoxy) is 1. The molecule has 0 fully saturated rings. The molecule has 0 aliphatic rings. The summed E-state index contributed by atoms with van der Waals surface area (Å²) in [5.41, 5.74) is 0. The van der Waals surface area contributed by atoms with Crippen molar-refractivity contribution in [2.24, 2.45) is 5.92 Å². The van der Waals surface area contributed by atoms with E-state index in [0.29, 0.717) is 12.0 Å². The Morgan fingerprint density at radius 3 is 2.46 bits per heavy atom. The van der Waals surface area contributed by atoms with Gasteiger partial charge in [-0.05, 0) is 32.2 Å². The normalized spacial score (nSPS) is 13.6. The van der Waals surface area contributed by atoms with Crippen molar-refractivity contribution in [3.05, 3.63) is 0 Å². The lowest BCUT2D eigenvalue weighted by molar-refractivity contribution is 0.105. The lowest BCUT2D eigenvalue weighted by atomic mass is 10.1. The first-order chi connectivity index (χ1) is 6.20. The van der Waals surface area contributed by atoms with Gasteiger partial charge in [-0.15, -0.1) is 0 Å². The Labute approximate surface area is 83.1 Å². The van der Waals surface area contributed by atoms with Gasteiger partial charge < -0.3 is 10.1 Å². The van der Waals surface area contributed by atoms with Crippen LogP contribution in [0.15, 0.2) is 0 Å². The lowest BCUT2D eigenvalue weighted by Gasteiger charge is -2.13. The lowest BCUT2D eigenvalue weighted by Crippen LogP contribution is -2.24. The van der Waals surface area contributed by atoms with Crippen LogP contribution in [0, 0.1) is 5.92 Å². The van der Waals surface area contributed by atoms with Crippen LogP contribution in [0.2, 0.25) is 0 Å². The Morgan fingerprint density at radius 2 is 2.00 bits per heavy atom. The molecule has 0 aliphatic heterocycles. The Kier molecular flexibility index (Phi) is 8.46. The number of hydrogen-bond acceptors (Lipinski definition) is 2. The SMILES string of the molecule is CCC(CCCOCC(C)C)NC. The molecule has 0 aromatic heterocycles. The van der Waals surface area contributed by atoms with E-state index in [1.807, 2.05) is 7.05 Å². The van der Waals surface area contributed by atoms with Crippen LogP contribution in [-0.4, -0.2) is 26.3 Å². The molecule has 0 aromatic rings. The zero-order valence-corrected chi connectivity index (χ0v) is 9.60. The summed E-state index contributed by atoms with van der Waals surface area (Å²) >= 11 is 0. The van der Waals surface area contributed by atoms with Gasteiger partial charge in [0.2, 0.25) is 0 Å². The standard InChI is InChI=1S/C11H25NO/c1-5-11(12-4)7-6-8-13-9-10(2)3/h10-12H,5-9H2,1-4H3. The molecule has 80 valence electrons. The van der Waals surface area contributed by atoms with Gasteiger partial charge in [0, 0.05) is 19.3 Å². The maximum absolute atomic E-state index is 5.51. The summed E-state index contributed by atoms with van der Waals surface area (Å²) in [6, 6.07) is 0.669. The topological polar surface area (TPSA) is 21.3 Å². The van der Waals surface area contributed by atoms with Crippen molar-refractivity contribution in [1.82, 2.24) is 5.32 Å². The van der Waals surface area contributed by atoms with Crippen LogP contribution in [0.4, 0.5) is 0 Å². The summed E-state index contributed by atoms with van der Waals surface area (Å²) in [5, 5.41) is 3.30. The average Bonchev–Trinajstić information content (AvgIpc) is 2.11. The summed E-state index contributed by atoms with van der Waals surface area (Å²) in [6.45, 7) is 8.40. The van der Waals surface area contributed by atoms with Crippen LogP contribution in [0.3, 0.4) is 0 Å². The largest absolute Gasteiger partial charge is 0.381 e.